The van der Waals surface area contributed by atoms with Crippen LogP contribution in [0, 0.1) is 6.92 Å². The highest BCUT2D eigenvalue weighted by molar-refractivity contribution is 7.89. The lowest BCUT2D eigenvalue weighted by atomic mass is 10.2. The Morgan fingerprint density at radius 3 is 2.33 bits per heavy atom. The van der Waals surface area contributed by atoms with Gasteiger partial charge in [-0.25, -0.2) is 23.1 Å². The number of aromatic nitrogens is 2. The third-order valence-corrected chi connectivity index (χ3v) is 3.79. The van der Waals surface area contributed by atoms with Gasteiger partial charge in [0.2, 0.25) is 10.0 Å². The summed E-state index contributed by atoms with van der Waals surface area (Å²) in [6, 6.07) is 8.34. The number of sulfonamides is 1. The molecule has 0 atom stereocenters. The van der Waals surface area contributed by atoms with Crippen LogP contribution >= 0.6 is 0 Å². The van der Waals surface area contributed by atoms with Gasteiger partial charge >= 0.3 is 0 Å². The number of hydrogen-bond acceptors (Lipinski definition) is 4. The molecule has 1 heterocycles. The molecule has 0 amide bonds. The standard InChI is InChI=1S/C12H13N3O2S/c1-10-3-5-11(6-4-10)18(16,17)15-9-12-13-7-2-8-14-12/h2-8,15H,9H2,1H3. The van der Waals surface area contributed by atoms with Crippen molar-refractivity contribution in [1.29, 1.82) is 0 Å². The molecule has 0 aliphatic rings. The molecule has 0 unspecified atom stereocenters. The summed E-state index contributed by atoms with van der Waals surface area (Å²) in [7, 11) is -3.51. The van der Waals surface area contributed by atoms with E-state index >= 15 is 0 Å². The number of aryl methyl sites for hydroxylation is 1. The van der Waals surface area contributed by atoms with Crippen LogP contribution in [-0.4, -0.2) is 18.4 Å². The minimum Gasteiger partial charge on any atom is -0.240 e. The molecule has 1 aromatic heterocycles. The van der Waals surface area contributed by atoms with Gasteiger partial charge < -0.3 is 0 Å². The molecule has 0 fully saturated rings. The molecule has 1 N–H and O–H groups in total. The number of hydrogen-bond donors (Lipinski definition) is 1. The van der Waals surface area contributed by atoms with Crippen LogP contribution in [0.25, 0.3) is 0 Å². The molecular weight excluding hydrogens is 250 g/mol. The molecular formula is C12H13N3O2S. The lowest BCUT2D eigenvalue weighted by Crippen LogP contribution is -2.24. The number of rotatable bonds is 4. The SMILES string of the molecule is Cc1ccc(S(=O)(=O)NCc2ncccn2)cc1. The first kappa shape index (κ1) is 12.7. The quantitative estimate of drug-likeness (QED) is 0.901. The van der Waals surface area contributed by atoms with Gasteiger partial charge in [-0.05, 0) is 25.1 Å². The van der Waals surface area contributed by atoms with Crippen LogP contribution in [-0.2, 0) is 16.6 Å². The predicted octanol–water partition coefficient (Wildman–Crippen LogP) is 1.26. The number of benzene rings is 1. The average Bonchev–Trinajstić information content (AvgIpc) is 2.38. The molecule has 0 aliphatic heterocycles. The van der Waals surface area contributed by atoms with Gasteiger partial charge in [0.25, 0.3) is 0 Å². The van der Waals surface area contributed by atoms with Crippen LogP contribution in [0.5, 0.6) is 0 Å². The van der Waals surface area contributed by atoms with Crippen molar-refractivity contribution in [3.8, 4) is 0 Å². The molecule has 0 bridgehead atoms. The first-order chi connectivity index (χ1) is 8.58. The van der Waals surface area contributed by atoms with Gasteiger partial charge in [0, 0.05) is 12.4 Å². The molecule has 94 valence electrons. The highest BCUT2D eigenvalue weighted by Crippen LogP contribution is 2.09. The summed E-state index contributed by atoms with van der Waals surface area (Å²) in [6.45, 7) is 1.98. The van der Waals surface area contributed by atoms with Gasteiger partial charge in [-0.15, -0.1) is 0 Å². The van der Waals surface area contributed by atoms with Crippen LogP contribution in [0.1, 0.15) is 11.4 Å². The van der Waals surface area contributed by atoms with Crippen molar-refractivity contribution in [2.45, 2.75) is 18.4 Å². The maximum Gasteiger partial charge on any atom is 0.240 e. The Morgan fingerprint density at radius 2 is 1.72 bits per heavy atom. The Morgan fingerprint density at radius 1 is 1.11 bits per heavy atom. The van der Waals surface area contributed by atoms with Gasteiger partial charge in [-0.3, -0.25) is 0 Å². The zero-order valence-electron chi connectivity index (χ0n) is 9.87. The van der Waals surface area contributed by atoms with E-state index < -0.39 is 10.0 Å². The van der Waals surface area contributed by atoms with Crippen LogP contribution in [0.15, 0.2) is 47.6 Å². The lowest BCUT2D eigenvalue weighted by Gasteiger charge is -2.06. The molecule has 1 aromatic carbocycles. The second kappa shape index (κ2) is 5.24. The van der Waals surface area contributed by atoms with Crippen LogP contribution in [0.4, 0.5) is 0 Å². The summed E-state index contributed by atoms with van der Waals surface area (Å²) >= 11 is 0. The highest BCUT2D eigenvalue weighted by Gasteiger charge is 2.13. The van der Waals surface area contributed by atoms with E-state index in [1.54, 1.807) is 42.7 Å². The van der Waals surface area contributed by atoms with E-state index in [9.17, 15) is 8.42 Å². The summed E-state index contributed by atoms with van der Waals surface area (Å²) in [5.74, 6) is 0.438. The van der Waals surface area contributed by atoms with Gasteiger partial charge in [0.1, 0.15) is 5.82 Å². The van der Waals surface area contributed by atoms with E-state index in [0.29, 0.717) is 5.82 Å². The third-order valence-electron chi connectivity index (χ3n) is 2.37. The summed E-state index contributed by atoms with van der Waals surface area (Å²) in [4.78, 5) is 8.14. The number of nitrogens with one attached hydrogen (secondary N) is 1. The first-order valence-electron chi connectivity index (χ1n) is 5.40. The Balaban J connectivity index is 2.11. The maximum absolute atomic E-state index is 12.0. The normalized spacial score (nSPS) is 11.4. The molecule has 0 radical (unpaired) electrons. The second-order valence-corrected chi connectivity index (χ2v) is 5.57. The van der Waals surface area contributed by atoms with E-state index in [2.05, 4.69) is 14.7 Å². The maximum atomic E-state index is 12.0. The van der Waals surface area contributed by atoms with Gasteiger partial charge in [0.15, 0.2) is 0 Å². The fourth-order valence-electron chi connectivity index (χ4n) is 1.38. The third kappa shape index (κ3) is 3.12. The molecule has 5 nitrogen and oxygen atoms in total. The number of nitrogens with zero attached hydrogens (tertiary/aromatic N) is 2. The summed E-state index contributed by atoms with van der Waals surface area (Å²) < 4.78 is 26.4. The molecule has 0 spiro atoms. The molecule has 2 rings (SSSR count). The Kier molecular flexibility index (Phi) is 3.69. The largest absolute Gasteiger partial charge is 0.240 e. The van der Waals surface area contributed by atoms with E-state index in [1.807, 2.05) is 6.92 Å². The first-order valence-corrected chi connectivity index (χ1v) is 6.88. The van der Waals surface area contributed by atoms with Gasteiger partial charge in [-0.2, -0.15) is 0 Å². The Hall–Kier alpha value is -1.79. The fourth-order valence-corrected chi connectivity index (χ4v) is 2.36. The van der Waals surface area contributed by atoms with E-state index in [-0.39, 0.29) is 11.4 Å². The predicted molar refractivity (Wildman–Crippen MR) is 67.2 cm³/mol. The monoisotopic (exact) mass is 263 g/mol. The lowest BCUT2D eigenvalue weighted by molar-refractivity contribution is 0.579. The van der Waals surface area contributed by atoms with E-state index in [4.69, 9.17) is 0 Å². The summed E-state index contributed by atoms with van der Waals surface area (Å²) in [6.07, 6.45) is 3.14. The van der Waals surface area contributed by atoms with Gasteiger partial charge in [-0.1, -0.05) is 17.7 Å². The smallest absolute Gasteiger partial charge is 0.240 e. The van der Waals surface area contributed by atoms with Crippen molar-refractivity contribution in [3.63, 3.8) is 0 Å². The van der Waals surface area contributed by atoms with Crippen molar-refractivity contribution in [2.24, 2.45) is 0 Å². The average molecular weight is 263 g/mol. The van der Waals surface area contributed by atoms with Crippen molar-refractivity contribution >= 4 is 10.0 Å². The van der Waals surface area contributed by atoms with Crippen molar-refractivity contribution in [2.75, 3.05) is 0 Å². The van der Waals surface area contributed by atoms with Crippen molar-refractivity contribution in [1.82, 2.24) is 14.7 Å². The molecule has 2 aromatic rings. The van der Waals surface area contributed by atoms with Crippen molar-refractivity contribution in [3.05, 3.63) is 54.1 Å². The fraction of sp³-hybridized carbons (Fsp3) is 0.167. The van der Waals surface area contributed by atoms with Gasteiger partial charge in [0.05, 0.1) is 11.4 Å². The topological polar surface area (TPSA) is 72.0 Å². The van der Waals surface area contributed by atoms with Crippen LogP contribution < -0.4 is 4.72 Å². The summed E-state index contributed by atoms with van der Waals surface area (Å²) in [5.41, 5.74) is 1.01. The van der Waals surface area contributed by atoms with Crippen molar-refractivity contribution < 1.29 is 8.42 Å². The molecule has 0 aliphatic carbocycles. The van der Waals surface area contributed by atoms with Crippen LogP contribution in [0.3, 0.4) is 0 Å². The molecule has 0 saturated carbocycles. The van der Waals surface area contributed by atoms with Crippen LogP contribution in [0.2, 0.25) is 0 Å². The van der Waals surface area contributed by atoms with E-state index in [1.165, 1.54) is 0 Å². The molecule has 0 saturated heterocycles. The minimum absolute atomic E-state index is 0.0804. The zero-order chi connectivity index (χ0) is 13.0. The second-order valence-electron chi connectivity index (χ2n) is 3.80. The molecule has 18 heavy (non-hydrogen) atoms. The highest BCUT2D eigenvalue weighted by atomic mass is 32.2. The van der Waals surface area contributed by atoms with E-state index in [0.717, 1.165) is 5.56 Å². The Labute approximate surface area is 106 Å². The summed E-state index contributed by atoms with van der Waals surface area (Å²) in [5, 5.41) is 0. The molecule has 6 heteroatoms. The Bertz CT molecular complexity index is 610. The zero-order valence-corrected chi connectivity index (χ0v) is 10.7. The minimum atomic E-state index is -3.51.